The number of halogens is 5. The van der Waals surface area contributed by atoms with Crippen LogP contribution in [0.4, 0.5) is 18.9 Å². The fourth-order valence-electron chi connectivity index (χ4n) is 3.17. The van der Waals surface area contributed by atoms with E-state index in [0.717, 1.165) is 29.6 Å². The molecule has 34 heavy (non-hydrogen) atoms. The van der Waals surface area contributed by atoms with Gasteiger partial charge < -0.3 is 5.32 Å². The third-order valence-corrected chi connectivity index (χ3v) is 6.15. The van der Waals surface area contributed by atoms with Gasteiger partial charge in [0.1, 0.15) is 0 Å². The number of amides is 1. The Kier molecular flexibility index (Phi) is 7.16. The molecule has 3 aromatic carbocycles. The van der Waals surface area contributed by atoms with Gasteiger partial charge in [-0.2, -0.15) is 13.2 Å². The second-order valence-electron chi connectivity index (χ2n) is 6.98. The molecular formula is C23H15Cl2F3N4OS. The summed E-state index contributed by atoms with van der Waals surface area (Å²) >= 11 is 13.1. The molecule has 0 aliphatic carbocycles. The molecule has 5 nitrogen and oxygen atoms in total. The average Bonchev–Trinajstić information content (AvgIpc) is 3.23. The summed E-state index contributed by atoms with van der Waals surface area (Å²) < 4.78 is 41.7. The number of benzene rings is 3. The lowest BCUT2D eigenvalue weighted by Crippen LogP contribution is -2.18. The molecule has 1 amide bonds. The van der Waals surface area contributed by atoms with E-state index in [-0.39, 0.29) is 16.5 Å². The highest BCUT2D eigenvalue weighted by molar-refractivity contribution is 7.99. The van der Waals surface area contributed by atoms with Gasteiger partial charge in [-0.25, -0.2) is 0 Å². The fraction of sp³-hybridized carbons (Fsp3) is 0.0870. The van der Waals surface area contributed by atoms with Crippen LogP contribution in [0.3, 0.4) is 0 Å². The first-order chi connectivity index (χ1) is 16.2. The van der Waals surface area contributed by atoms with Crippen molar-refractivity contribution in [2.24, 2.45) is 0 Å². The van der Waals surface area contributed by atoms with Crippen molar-refractivity contribution in [3.05, 3.63) is 88.4 Å². The van der Waals surface area contributed by atoms with E-state index < -0.39 is 17.6 Å². The van der Waals surface area contributed by atoms with Gasteiger partial charge in [-0.1, -0.05) is 65.3 Å². The predicted octanol–water partition coefficient (Wildman–Crippen LogP) is 6.99. The summed E-state index contributed by atoms with van der Waals surface area (Å²) in [6.45, 7) is 0. The van der Waals surface area contributed by atoms with Crippen molar-refractivity contribution >= 4 is 46.6 Å². The summed E-state index contributed by atoms with van der Waals surface area (Å²) in [7, 11) is 0. The van der Waals surface area contributed by atoms with Crippen molar-refractivity contribution in [2.75, 3.05) is 11.1 Å². The lowest BCUT2D eigenvalue weighted by Gasteiger charge is -2.14. The van der Waals surface area contributed by atoms with Gasteiger partial charge in [0.15, 0.2) is 11.0 Å². The zero-order chi connectivity index (χ0) is 24.3. The van der Waals surface area contributed by atoms with E-state index in [4.69, 9.17) is 23.2 Å². The largest absolute Gasteiger partial charge is 0.418 e. The van der Waals surface area contributed by atoms with Gasteiger partial charge in [0, 0.05) is 16.3 Å². The number of nitrogens with zero attached hydrogens (tertiary/aromatic N) is 3. The van der Waals surface area contributed by atoms with Crippen LogP contribution >= 0.6 is 35.0 Å². The fourth-order valence-corrected chi connectivity index (χ4v) is 4.31. The summed E-state index contributed by atoms with van der Waals surface area (Å²) in [5.74, 6) is -0.371. The number of carbonyl (C=O) groups is 1. The van der Waals surface area contributed by atoms with Crippen LogP contribution in [0.5, 0.6) is 0 Å². The van der Waals surface area contributed by atoms with Crippen molar-refractivity contribution in [1.29, 1.82) is 0 Å². The van der Waals surface area contributed by atoms with Gasteiger partial charge in [-0.15, -0.1) is 10.2 Å². The van der Waals surface area contributed by atoms with Crippen LogP contribution in [-0.4, -0.2) is 26.4 Å². The Morgan fingerprint density at radius 3 is 2.38 bits per heavy atom. The molecule has 0 bridgehead atoms. The van der Waals surface area contributed by atoms with E-state index in [9.17, 15) is 18.0 Å². The second kappa shape index (κ2) is 10.1. The Morgan fingerprint density at radius 2 is 1.68 bits per heavy atom. The van der Waals surface area contributed by atoms with Gasteiger partial charge in [0.05, 0.1) is 22.0 Å². The minimum atomic E-state index is -4.67. The summed E-state index contributed by atoms with van der Waals surface area (Å²) in [5, 5.41) is 11.5. The molecule has 1 aromatic heterocycles. The molecule has 1 heterocycles. The van der Waals surface area contributed by atoms with Crippen LogP contribution in [-0.2, 0) is 11.0 Å². The smallest absolute Gasteiger partial charge is 0.325 e. The topological polar surface area (TPSA) is 59.8 Å². The molecule has 0 radical (unpaired) electrons. The summed E-state index contributed by atoms with van der Waals surface area (Å²) in [4.78, 5) is 12.5. The van der Waals surface area contributed by atoms with Gasteiger partial charge in [-0.3, -0.25) is 9.36 Å². The van der Waals surface area contributed by atoms with E-state index >= 15 is 0 Å². The first-order valence-corrected chi connectivity index (χ1v) is 11.5. The standard InChI is InChI=1S/C23H15Cl2F3N4OS/c24-14-10-11-19(17(12-14)23(26,27)28)29-20(33)13-34-22-31-30-21(16-8-4-5-9-18(16)25)32(22)15-6-2-1-3-7-15/h1-12H,13H2,(H,29,33). The SMILES string of the molecule is O=C(CSc1nnc(-c2ccccc2Cl)n1-c1ccccc1)Nc1ccc(Cl)cc1C(F)(F)F. The van der Waals surface area contributed by atoms with Gasteiger partial charge >= 0.3 is 6.18 Å². The molecule has 0 aliphatic heterocycles. The van der Waals surface area contributed by atoms with Crippen molar-refractivity contribution < 1.29 is 18.0 Å². The number of aromatic nitrogens is 3. The van der Waals surface area contributed by atoms with Crippen LogP contribution in [0.1, 0.15) is 5.56 Å². The average molecular weight is 523 g/mol. The van der Waals surface area contributed by atoms with Crippen LogP contribution < -0.4 is 5.32 Å². The van der Waals surface area contributed by atoms with Crippen LogP contribution in [0, 0.1) is 0 Å². The van der Waals surface area contributed by atoms with E-state index in [1.165, 1.54) is 6.07 Å². The normalized spacial score (nSPS) is 11.4. The third kappa shape index (κ3) is 5.38. The molecule has 0 unspecified atom stereocenters. The Hall–Kier alpha value is -3.01. The molecule has 4 aromatic rings. The highest BCUT2D eigenvalue weighted by Crippen LogP contribution is 2.37. The lowest BCUT2D eigenvalue weighted by atomic mass is 10.1. The van der Waals surface area contributed by atoms with Crippen LogP contribution in [0.2, 0.25) is 10.0 Å². The molecule has 11 heteroatoms. The second-order valence-corrected chi connectivity index (χ2v) is 8.77. The molecule has 0 atom stereocenters. The molecule has 4 rings (SSSR count). The maximum absolute atomic E-state index is 13.3. The first kappa shape index (κ1) is 24.1. The number of rotatable bonds is 6. The molecule has 0 spiro atoms. The molecule has 0 saturated carbocycles. The monoisotopic (exact) mass is 522 g/mol. The number of para-hydroxylation sites is 1. The van der Waals surface area contributed by atoms with Crippen molar-refractivity contribution in [3.8, 4) is 17.1 Å². The number of alkyl halides is 3. The molecule has 1 N–H and O–H groups in total. The van der Waals surface area contributed by atoms with E-state index in [1.807, 2.05) is 36.4 Å². The van der Waals surface area contributed by atoms with Crippen LogP contribution in [0.15, 0.2) is 78.0 Å². The highest BCUT2D eigenvalue weighted by atomic mass is 35.5. The molecular weight excluding hydrogens is 508 g/mol. The van der Waals surface area contributed by atoms with Gasteiger partial charge in [0.25, 0.3) is 0 Å². The highest BCUT2D eigenvalue weighted by Gasteiger charge is 2.34. The summed E-state index contributed by atoms with van der Waals surface area (Å²) in [6.07, 6.45) is -4.67. The van der Waals surface area contributed by atoms with Crippen molar-refractivity contribution in [1.82, 2.24) is 14.8 Å². The maximum atomic E-state index is 13.3. The minimum absolute atomic E-state index is 0.0808. The maximum Gasteiger partial charge on any atom is 0.418 e. The summed E-state index contributed by atoms with van der Waals surface area (Å²) in [6, 6.07) is 19.5. The van der Waals surface area contributed by atoms with E-state index in [1.54, 1.807) is 22.8 Å². The minimum Gasteiger partial charge on any atom is -0.325 e. The number of thioether (sulfide) groups is 1. The zero-order valence-corrected chi connectivity index (χ0v) is 19.5. The number of carbonyl (C=O) groups excluding carboxylic acids is 1. The molecule has 174 valence electrons. The van der Waals surface area contributed by atoms with Crippen molar-refractivity contribution in [2.45, 2.75) is 11.3 Å². The number of hydrogen-bond donors (Lipinski definition) is 1. The first-order valence-electron chi connectivity index (χ1n) is 9.79. The Morgan fingerprint density at radius 1 is 0.971 bits per heavy atom. The Balaban J connectivity index is 1.60. The quantitative estimate of drug-likeness (QED) is 0.277. The van der Waals surface area contributed by atoms with E-state index in [0.29, 0.717) is 21.6 Å². The van der Waals surface area contributed by atoms with Gasteiger partial charge in [-0.05, 0) is 42.5 Å². The summed E-state index contributed by atoms with van der Waals surface area (Å²) in [5.41, 5.74) is -0.00854. The molecule has 0 saturated heterocycles. The lowest BCUT2D eigenvalue weighted by molar-refractivity contribution is -0.137. The van der Waals surface area contributed by atoms with Gasteiger partial charge in [0.2, 0.25) is 5.91 Å². The Labute approximate surface area is 206 Å². The number of hydrogen-bond acceptors (Lipinski definition) is 4. The van der Waals surface area contributed by atoms with Crippen LogP contribution in [0.25, 0.3) is 17.1 Å². The Bertz CT molecular complexity index is 1330. The molecule has 0 aliphatic rings. The number of nitrogens with one attached hydrogen (secondary N) is 1. The number of anilines is 1. The van der Waals surface area contributed by atoms with E-state index in [2.05, 4.69) is 15.5 Å². The third-order valence-electron chi connectivity index (χ3n) is 4.66. The van der Waals surface area contributed by atoms with Crippen molar-refractivity contribution in [3.63, 3.8) is 0 Å². The molecule has 0 fully saturated rings. The predicted molar refractivity (Wildman–Crippen MR) is 128 cm³/mol. The zero-order valence-electron chi connectivity index (χ0n) is 17.2.